The molecule has 4 heteroatoms. The molecule has 0 radical (unpaired) electrons. The van der Waals surface area contributed by atoms with E-state index in [2.05, 4.69) is 4.98 Å². The Balaban J connectivity index is 2.53. The second-order valence-corrected chi connectivity index (χ2v) is 3.74. The van der Waals surface area contributed by atoms with Gasteiger partial charge in [-0.25, -0.2) is 4.98 Å². The number of rotatable bonds is 3. The first-order valence-corrected chi connectivity index (χ1v) is 5.17. The van der Waals surface area contributed by atoms with Crippen LogP contribution < -0.4 is 5.73 Å². The van der Waals surface area contributed by atoms with Crippen molar-refractivity contribution in [3.63, 3.8) is 0 Å². The van der Waals surface area contributed by atoms with E-state index >= 15 is 0 Å². The molecule has 3 N–H and O–H groups in total. The van der Waals surface area contributed by atoms with E-state index in [1.54, 1.807) is 6.20 Å². The van der Waals surface area contributed by atoms with Crippen LogP contribution in [0.2, 0.25) is 0 Å². The molecule has 2 rings (SSSR count). The maximum absolute atomic E-state index is 9.13. The van der Waals surface area contributed by atoms with E-state index in [-0.39, 0.29) is 12.6 Å². The van der Waals surface area contributed by atoms with Crippen molar-refractivity contribution in [1.82, 2.24) is 9.55 Å². The summed E-state index contributed by atoms with van der Waals surface area (Å²) in [6, 6.07) is 7.38. The van der Waals surface area contributed by atoms with Crippen LogP contribution in [0, 0.1) is 0 Å². The second kappa shape index (κ2) is 4.47. The molecule has 1 unspecified atom stereocenters. The largest absolute Gasteiger partial charge is 0.394 e. The van der Waals surface area contributed by atoms with Crippen molar-refractivity contribution in [2.75, 3.05) is 6.61 Å². The van der Waals surface area contributed by atoms with Crippen molar-refractivity contribution < 1.29 is 5.11 Å². The van der Waals surface area contributed by atoms with Crippen molar-refractivity contribution in [2.24, 2.45) is 12.8 Å². The molecule has 16 heavy (non-hydrogen) atoms. The molecule has 2 aromatic rings. The minimum atomic E-state index is -0.368. The number of hydrogen-bond donors (Lipinski definition) is 2. The Labute approximate surface area is 94.4 Å². The van der Waals surface area contributed by atoms with Gasteiger partial charge in [0.2, 0.25) is 0 Å². The fourth-order valence-electron chi connectivity index (χ4n) is 1.75. The molecule has 84 valence electrons. The number of aliphatic hydroxyl groups is 1. The highest BCUT2D eigenvalue weighted by Crippen LogP contribution is 2.25. The molecule has 0 saturated carbocycles. The molecule has 1 heterocycles. The van der Waals surface area contributed by atoms with Crippen LogP contribution in [0.3, 0.4) is 0 Å². The zero-order valence-corrected chi connectivity index (χ0v) is 9.17. The Kier molecular flexibility index (Phi) is 3.03. The summed E-state index contributed by atoms with van der Waals surface area (Å²) in [5, 5.41) is 9.13. The van der Waals surface area contributed by atoms with Crippen LogP contribution in [0.25, 0.3) is 11.4 Å². The van der Waals surface area contributed by atoms with E-state index in [9.17, 15) is 0 Å². The lowest BCUT2D eigenvalue weighted by molar-refractivity contribution is 0.268. The van der Waals surface area contributed by atoms with Crippen molar-refractivity contribution in [3.8, 4) is 11.4 Å². The Bertz CT molecular complexity index is 479. The summed E-state index contributed by atoms with van der Waals surface area (Å²) in [6.07, 6.45) is 3.63. The third kappa shape index (κ3) is 1.85. The highest BCUT2D eigenvalue weighted by molar-refractivity contribution is 5.61. The van der Waals surface area contributed by atoms with Gasteiger partial charge in [0.15, 0.2) is 0 Å². The summed E-state index contributed by atoms with van der Waals surface area (Å²) < 4.78 is 1.93. The van der Waals surface area contributed by atoms with Gasteiger partial charge in [-0.15, -0.1) is 0 Å². The Hall–Kier alpha value is -1.65. The van der Waals surface area contributed by atoms with Crippen LogP contribution >= 0.6 is 0 Å². The topological polar surface area (TPSA) is 64.1 Å². The third-order valence-corrected chi connectivity index (χ3v) is 2.62. The number of benzene rings is 1. The van der Waals surface area contributed by atoms with Crippen LogP contribution in [0.5, 0.6) is 0 Å². The van der Waals surface area contributed by atoms with E-state index in [0.717, 1.165) is 17.0 Å². The van der Waals surface area contributed by atoms with E-state index in [1.807, 2.05) is 42.1 Å². The number of aryl methyl sites for hydroxylation is 1. The van der Waals surface area contributed by atoms with Crippen LogP contribution in [-0.2, 0) is 7.05 Å². The van der Waals surface area contributed by atoms with Crippen molar-refractivity contribution in [3.05, 3.63) is 42.2 Å². The fraction of sp³-hybridized carbons (Fsp3) is 0.250. The number of imidazole rings is 1. The average molecular weight is 217 g/mol. The summed E-state index contributed by atoms with van der Waals surface area (Å²) in [4.78, 5) is 4.29. The first-order chi connectivity index (χ1) is 7.74. The molecule has 0 spiro atoms. The molecule has 0 aliphatic carbocycles. The summed E-state index contributed by atoms with van der Waals surface area (Å²) in [5.74, 6) is 0.861. The Morgan fingerprint density at radius 3 is 2.81 bits per heavy atom. The third-order valence-electron chi connectivity index (χ3n) is 2.62. The number of hydrogen-bond acceptors (Lipinski definition) is 3. The lowest BCUT2D eigenvalue weighted by Crippen LogP contribution is -2.15. The lowest BCUT2D eigenvalue weighted by atomic mass is 10.0. The number of aromatic nitrogens is 2. The average Bonchev–Trinajstić information content (AvgIpc) is 2.74. The molecule has 0 saturated heterocycles. The molecular weight excluding hydrogens is 202 g/mol. The molecule has 4 nitrogen and oxygen atoms in total. The molecular formula is C12H15N3O. The van der Waals surface area contributed by atoms with Crippen molar-refractivity contribution in [1.29, 1.82) is 0 Å². The number of nitrogens with two attached hydrogens (primary N) is 1. The van der Waals surface area contributed by atoms with Gasteiger partial charge >= 0.3 is 0 Å². The quantitative estimate of drug-likeness (QED) is 0.808. The van der Waals surface area contributed by atoms with E-state index in [4.69, 9.17) is 10.8 Å². The van der Waals surface area contributed by atoms with Crippen molar-refractivity contribution in [2.45, 2.75) is 6.04 Å². The van der Waals surface area contributed by atoms with Gasteiger partial charge in [-0.1, -0.05) is 24.3 Å². The Morgan fingerprint density at radius 1 is 1.44 bits per heavy atom. The predicted molar refractivity (Wildman–Crippen MR) is 62.7 cm³/mol. The fourth-order valence-corrected chi connectivity index (χ4v) is 1.75. The predicted octanol–water partition coefficient (Wildman–Crippen LogP) is 1.08. The summed E-state index contributed by atoms with van der Waals surface area (Å²) in [5.41, 5.74) is 7.75. The Morgan fingerprint density at radius 2 is 2.19 bits per heavy atom. The van der Waals surface area contributed by atoms with Gasteiger partial charge in [-0.05, 0) is 5.56 Å². The summed E-state index contributed by atoms with van der Waals surface area (Å²) >= 11 is 0. The molecule has 0 aliphatic heterocycles. The van der Waals surface area contributed by atoms with Gasteiger partial charge in [-0.3, -0.25) is 0 Å². The normalized spacial score (nSPS) is 12.7. The molecule has 1 aromatic carbocycles. The second-order valence-electron chi connectivity index (χ2n) is 3.74. The van der Waals surface area contributed by atoms with Gasteiger partial charge in [0, 0.05) is 25.0 Å². The lowest BCUT2D eigenvalue weighted by Gasteiger charge is -2.13. The van der Waals surface area contributed by atoms with E-state index in [1.165, 1.54) is 0 Å². The molecule has 0 bridgehead atoms. The summed E-state index contributed by atoms with van der Waals surface area (Å²) in [7, 11) is 1.93. The standard InChI is InChI=1S/C12H15N3O/c1-15-7-6-14-12(15)10-5-3-2-4-9(10)11(13)8-16/h2-7,11,16H,8,13H2,1H3. The van der Waals surface area contributed by atoms with Crippen molar-refractivity contribution >= 4 is 0 Å². The first kappa shape index (κ1) is 10.9. The van der Waals surface area contributed by atoms with Gasteiger partial charge in [0.25, 0.3) is 0 Å². The zero-order chi connectivity index (χ0) is 11.5. The zero-order valence-electron chi connectivity index (χ0n) is 9.17. The minimum absolute atomic E-state index is 0.0680. The SMILES string of the molecule is Cn1ccnc1-c1ccccc1C(N)CO. The number of nitrogens with zero attached hydrogens (tertiary/aromatic N) is 2. The van der Waals surface area contributed by atoms with Crippen LogP contribution in [0.1, 0.15) is 11.6 Å². The minimum Gasteiger partial charge on any atom is -0.394 e. The molecule has 1 atom stereocenters. The monoisotopic (exact) mass is 217 g/mol. The first-order valence-electron chi connectivity index (χ1n) is 5.17. The van der Waals surface area contributed by atoms with Gasteiger partial charge < -0.3 is 15.4 Å². The van der Waals surface area contributed by atoms with Gasteiger partial charge in [0.05, 0.1) is 12.6 Å². The smallest absolute Gasteiger partial charge is 0.139 e. The maximum Gasteiger partial charge on any atom is 0.139 e. The van der Waals surface area contributed by atoms with E-state index in [0.29, 0.717) is 0 Å². The molecule has 0 fully saturated rings. The summed E-state index contributed by atoms with van der Waals surface area (Å²) in [6.45, 7) is -0.0680. The van der Waals surface area contributed by atoms with Gasteiger partial charge in [0.1, 0.15) is 5.82 Å². The molecule has 0 amide bonds. The molecule has 0 aliphatic rings. The maximum atomic E-state index is 9.13. The highest BCUT2D eigenvalue weighted by atomic mass is 16.3. The van der Waals surface area contributed by atoms with Crippen LogP contribution in [-0.4, -0.2) is 21.3 Å². The van der Waals surface area contributed by atoms with Crippen LogP contribution in [0.15, 0.2) is 36.7 Å². The molecule has 1 aromatic heterocycles. The van der Waals surface area contributed by atoms with Crippen LogP contribution in [0.4, 0.5) is 0 Å². The number of aliphatic hydroxyl groups excluding tert-OH is 1. The highest BCUT2D eigenvalue weighted by Gasteiger charge is 2.13. The van der Waals surface area contributed by atoms with E-state index < -0.39 is 0 Å². The van der Waals surface area contributed by atoms with Gasteiger partial charge in [-0.2, -0.15) is 0 Å².